The van der Waals surface area contributed by atoms with Crippen LogP contribution in [0.15, 0.2) is 60.8 Å². The summed E-state index contributed by atoms with van der Waals surface area (Å²) in [6.07, 6.45) is 1.59. The quantitative estimate of drug-likeness (QED) is 0.664. The van der Waals surface area contributed by atoms with Gasteiger partial charge in [0.25, 0.3) is 5.91 Å². The molecule has 3 rings (SSSR count). The Kier molecular flexibility index (Phi) is 5.81. The van der Waals surface area contributed by atoms with E-state index in [1.807, 2.05) is 36.4 Å². The van der Waals surface area contributed by atoms with Crippen molar-refractivity contribution in [3.05, 3.63) is 83.2 Å². The first-order valence-electron chi connectivity index (χ1n) is 9.05. The molecule has 1 aromatic heterocycles. The molecule has 0 saturated carbocycles. The number of rotatable bonds is 6. The minimum Gasteiger partial charge on any atom is -0.350 e. The van der Waals surface area contributed by atoms with Crippen LogP contribution in [-0.2, 0) is 6.54 Å². The van der Waals surface area contributed by atoms with Crippen molar-refractivity contribution in [3.8, 4) is 0 Å². The third-order valence-corrected chi connectivity index (χ3v) is 4.26. The summed E-state index contributed by atoms with van der Waals surface area (Å²) in [6.45, 7) is 6.93. The highest BCUT2D eigenvalue weighted by Gasteiger charge is 2.10. The van der Waals surface area contributed by atoms with Crippen LogP contribution in [0.3, 0.4) is 0 Å². The van der Waals surface area contributed by atoms with Crippen LogP contribution in [0.5, 0.6) is 0 Å². The number of aryl methyl sites for hydroxylation is 1. The summed E-state index contributed by atoms with van der Waals surface area (Å²) >= 11 is 0. The second-order valence-electron chi connectivity index (χ2n) is 6.84. The first kappa shape index (κ1) is 18.6. The van der Waals surface area contributed by atoms with E-state index in [2.05, 4.69) is 53.5 Å². The van der Waals surface area contributed by atoms with E-state index >= 15 is 0 Å². The van der Waals surface area contributed by atoms with Crippen LogP contribution in [-0.4, -0.2) is 15.9 Å². The van der Waals surface area contributed by atoms with Gasteiger partial charge in [-0.15, -0.1) is 0 Å². The molecule has 138 valence electrons. The maximum absolute atomic E-state index is 12.5. The number of nitrogens with zero attached hydrogens (tertiary/aromatic N) is 2. The Balaban J connectivity index is 1.64. The minimum absolute atomic E-state index is 0.256. The molecule has 5 nitrogen and oxygen atoms in total. The Morgan fingerprint density at radius 2 is 1.85 bits per heavy atom. The molecule has 27 heavy (non-hydrogen) atoms. The number of aromatic nitrogens is 2. The molecule has 0 fully saturated rings. The van der Waals surface area contributed by atoms with Crippen molar-refractivity contribution in [2.24, 2.45) is 0 Å². The molecular weight excluding hydrogens is 336 g/mol. The van der Waals surface area contributed by atoms with Crippen molar-refractivity contribution in [2.75, 3.05) is 10.6 Å². The molecule has 0 unspecified atom stereocenters. The minimum atomic E-state index is -0.256. The second kappa shape index (κ2) is 8.45. The lowest BCUT2D eigenvalue weighted by Gasteiger charge is -2.09. The van der Waals surface area contributed by atoms with E-state index in [0.717, 1.165) is 11.3 Å². The van der Waals surface area contributed by atoms with E-state index in [1.54, 1.807) is 12.3 Å². The number of hydrogen-bond acceptors (Lipinski definition) is 4. The molecule has 0 spiro atoms. The Hall–Kier alpha value is -3.21. The van der Waals surface area contributed by atoms with Crippen molar-refractivity contribution in [3.63, 3.8) is 0 Å². The van der Waals surface area contributed by atoms with E-state index in [1.165, 1.54) is 11.1 Å². The third-order valence-electron chi connectivity index (χ3n) is 4.26. The van der Waals surface area contributed by atoms with E-state index < -0.39 is 0 Å². The first-order chi connectivity index (χ1) is 13.0. The number of carbonyl (C=O) groups is 1. The molecule has 5 heteroatoms. The van der Waals surface area contributed by atoms with Gasteiger partial charge in [-0.3, -0.25) is 4.79 Å². The zero-order valence-corrected chi connectivity index (χ0v) is 15.9. The summed E-state index contributed by atoms with van der Waals surface area (Å²) in [5.74, 6) is 0.631. The molecule has 3 aromatic rings. The monoisotopic (exact) mass is 360 g/mol. The first-order valence-corrected chi connectivity index (χ1v) is 9.05. The molecule has 0 aliphatic rings. The van der Waals surface area contributed by atoms with Gasteiger partial charge in [0, 0.05) is 18.4 Å². The van der Waals surface area contributed by atoms with E-state index in [-0.39, 0.29) is 5.91 Å². The zero-order chi connectivity index (χ0) is 19.2. The number of benzene rings is 2. The third kappa shape index (κ3) is 5.14. The van der Waals surface area contributed by atoms with Gasteiger partial charge in [-0.25, -0.2) is 9.97 Å². The van der Waals surface area contributed by atoms with Crippen molar-refractivity contribution in [2.45, 2.75) is 33.2 Å². The fourth-order valence-electron chi connectivity index (χ4n) is 2.72. The van der Waals surface area contributed by atoms with Gasteiger partial charge in [0.2, 0.25) is 5.95 Å². The lowest BCUT2D eigenvalue weighted by molar-refractivity contribution is 0.102. The summed E-state index contributed by atoms with van der Waals surface area (Å²) in [7, 11) is 0. The lowest BCUT2D eigenvalue weighted by atomic mass is 10.0. The molecule has 0 bridgehead atoms. The normalized spacial score (nSPS) is 10.7. The molecule has 2 N–H and O–H groups in total. The standard InChI is InChI=1S/C22H24N4O/c1-15(2)18-7-9-19(10-8-18)25-21(27)20-11-12-23-22(26-20)24-14-17-6-4-5-16(3)13-17/h4-13,15H,14H2,1-3H3,(H,25,27)(H,23,24,26). The summed E-state index contributed by atoms with van der Waals surface area (Å²) in [5.41, 5.74) is 4.64. The van der Waals surface area contributed by atoms with Crippen LogP contribution in [0, 0.1) is 6.92 Å². The number of amides is 1. The number of carbonyl (C=O) groups excluding carboxylic acids is 1. The van der Waals surface area contributed by atoms with Crippen LogP contribution < -0.4 is 10.6 Å². The molecule has 0 aliphatic heterocycles. The summed E-state index contributed by atoms with van der Waals surface area (Å²) in [6, 6.07) is 17.7. The Morgan fingerprint density at radius 3 is 2.56 bits per heavy atom. The summed E-state index contributed by atoms with van der Waals surface area (Å²) in [4.78, 5) is 21.0. The Labute approximate surface area is 159 Å². The summed E-state index contributed by atoms with van der Waals surface area (Å²) < 4.78 is 0. The zero-order valence-electron chi connectivity index (χ0n) is 15.9. The van der Waals surface area contributed by atoms with Crippen LogP contribution in [0.1, 0.15) is 46.9 Å². The van der Waals surface area contributed by atoms with Crippen LogP contribution in [0.25, 0.3) is 0 Å². The highest BCUT2D eigenvalue weighted by atomic mass is 16.1. The van der Waals surface area contributed by atoms with Crippen LogP contribution >= 0.6 is 0 Å². The van der Waals surface area contributed by atoms with Gasteiger partial charge in [-0.1, -0.05) is 55.8 Å². The second-order valence-corrected chi connectivity index (χ2v) is 6.84. The van der Waals surface area contributed by atoms with Gasteiger partial charge in [0.1, 0.15) is 5.69 Å². The van der Waals surface area contributed by atoms with E-state index in [9.17, 15) is 4.79 Å². The van der Waals surface area contributed by atoms with Crippen molar-refractivity contribution < 1.29 is 4.79 Å². The lowest BCUT2D eigenvalue weighted by Crippen LogP contribution is -2.15. The molecule has 0 saturated heterocycles. The number of hydrogen-bond donors (Lipinski definition) is 2. The van der Waals surface area contributed by atoms with Gasteiger partial charge in [-0.2, -0.15) is 0 Å². The van der Waals surface area contributed by atoms with Crippen molar-refractivity contribution >= 4 is 17.5 Å². The maximum atomic E-state index is 12.5. The highest BCUT2D eigenvalue weighted by Crippen LogP contribution is 2.17. The maximum Gasteiger partial charge on any atom is 0.274 e. The SMILES string of the molecule is Cc1cccc(CNc2nccc(C(=O)Nc3ccc(C(C)C)cc3)n2)c1. The molecule has 1 amide bonds. The van der Waals surface area contributed by atoms with Gasteiger partial charge in [0.05, 0.1) is 0 Å². The topological polar surface area (TPSA) is 66.9 Å². The Morgan fingerprint density at radius 1 is 1.07 bits per heavy atom. The van der Waals surface area contributed by atoms with Crippen molar-refractivity contribution in [1.29, 1.82) is 0 Å². The van der Waals surface area contributed by atoms with E-state index in [4.69, 9.17) is 0 Å². The number of anilines is 2. The fourth-order valence-corrected chi connectivity index (χ4v) is 2.72. The summed E-state index contributed by atoms with van der Waals surface area (Å²) in [5, 5.41) is 6.04. The van der Waals surface area contributed by atoms with Crippen LogP contribution in [0.4, 0.5) is 11.6 Å². The smallest absolute Gasteiger partial charge is 0.274 e. The average Bonchev–Trinajstić information content (AvgIpc) is 2.67. The molecule has 0 radical (unpaired) electrons. The van der Waals surface area contributed by atoms with Gasteiger partial charge >= 0.3 is 0 Å². The molecular formula is C22H24N4O. The largest absolute Gasteiger partial charge is 0.350 e. The van der Waals surface area contributed by atoms with Gasteiger partial charge < -0.3 is 10.6 Å². The van der Waals surface area contributed by atoms with Crippen LogP contribution in [0.2, 0.25) is 0 Å². The number of nitrogens with one attached hydrogen (secondary N) is 2. The van der Waals surface area contributed by atoms with Crippen molar-refractivity contribution in [1.82, 2.24) is 9.97 Å². The fraction of sp³-hybridized carbons (Fsp3) is 0.227. The van der Waals surface area contributed by atoms with E-state index in [0.29, 0.717) is 24.1 Å². The van der Waals surface area contributed by atoms with Gasteiger partial charge in [0.15, 0.2) is 0 Å². The predicted octanol–water partition coefficient (Wildman–Crippen LogP) is 4.77. The highest BCUT2D eigenvalue weighted by molar-refractivity contribution is 6.02. The average molecular weight is 360 g/mol. The molecule has 1 heterocycles. The molecule has 0 atom stereocenters. The van der Waals surface area contributed by atoms with Gasteiger partial charge in [-0.05, 0) is 42.2 Å². The molecule has 2 aromatic carbocycles. The Bertz CT molecular complexity index is 920. The predicted molar refractivity (Wildman–Crippen MR) is 109 cm³/mol. The molecule has 0 aliphatic carbocycles.